The standard InChI is InChI=1S/C18H23NO4/c1-12-4-5-14-15(20)10-18(23-17(14)13(12)2)6-8-19(9-7-18)16(21)11-22-3/h4-5H,6-11H2,1-3H3. The van der Waals surface area contributed by atoms with Crippen LogP contribution in [0.3, 0.4) is 0 Å². The Morgan fingerprint density at radius 2 is 2.00 bits per heavy atom. The predicted octanol–water partition coefficient (Wildman–Crippen LogP) is 2.28. The van der Waals surface area contributed by atoms with Gasteiger partial charge in [-0.25, -0.2) is 0 Å². The van der Waals surface area contributed by atoms with E-state index in [-0.39, 0.29) is 18.3 Å². The van der Waals surface area contributed by atoms with Crippen LogP contribution in [0.4, 0.5) is 0 Å². The molecule has 0 bridgehead atoms. The molecule has 1 aromatic carbocycles. The van der Waals surface area contributed by atoms with Gasteiger partial charge in [0.25, 0.3) is 0 Å². The van der Waals surface area contributed by atoms with Crippen LogP contribution in [-0.2, 0) is 9.53 Å². The van der Waals surface area contributed by atoms with Crippen LogP contribution in [0.25, 0.3) is 0 Å². The molecule has 0 aromatic heterocycles. The fourth-order valence-corrected chi connectivity index (χ4v) is 3.44. The Kier molecular flexibility index (Phi) is 4.15. The lowest BCUT2D eigenvalue weighted by atomic mass is 9.81. The number of likely N-dealkylation sites (tertiary alicyclic amines) is 1. The molecule has 1 saturated heterocycles. The number of piperidine rings is 1. The first-order valence-corrected chi connectivity index (χ1v) is 8.05. The second-order valence-corrected chi connectivity index (χ2v) is 6.58. The van der Waals surface area contributed by atoms with Crippen molar-refractivity contribution in [1.82, 2.24) is 4.90 Å². The highest BCUT2D eigenvalue weighted by molar-refractivity contribution is 6.01. The summed E-state index contributed by atoms with van der Waals surface area (Å²) in [6, 6.07) is 3.84. The normalized spacial score (nSPS) is 19.4. The second-order valence-electron chi connectivity index (χ2n) is 6.58. The molecule has 1 aromatic rings. The van der Waals surface area contributed by atoms with Gasteiger partial charge in [0, 0.05) is 33.0 Å². The number of hydrogen-bond donors (Lipinski definition) is 0. The first-order valence-electron chi connectivity index (χ1n) is 8.05. The van der Waals surface area contributed by atoms with E-state index in [1.165, 1.54) is 7.11 Å². The summed E-state index contributed by atoms with van der Waals surface area (Å²) in [6.45, 7) is 5.34. The van der Waals surface area contributed by atoms with Crippen molar-refractivity contribution in [3.8, 4) is 5.75 Å². The number of carbonyl (C=O) groups excluding carboxylic acids is 2. The lowest BCUT2D eigenvalue weighted by molar-refractivity contribution is -0.138. The Balaban J connectivity index is 1.80. The third-order valence-corrected chi connectivity index (χ3v) is 5.07. The van der Waals surface area contributed by atoms with E-state index in [0.29, 0.717) is 37.9 Å². The van der Waals surface area contributed by atoms with Gasteiger partial charge in [0.15, 0.2) is 5.78 Å². The monoisotopic (exact) mass is 317 g/mol. The molecule has 23 heavy (non-hydrogen) atoms. The van der Waals surface area contributed by atoms with E-state index in [2.05, 4.69) is 0 Å². The second kappa shape index (κ2) is 5.96. The van der Waals surface area contributed by atoms with Crippen molar-refractivity contribution < 1.29 is 19.1 Å². The molecule has 1 amide bonds. The van der Waals surface area contributed by atoms with Gasteiger partial charge in [0.05, 0.1) is 12.0 Å². The van der Waals surface area contributed by atoms with Gasteiger partial charge >= 0.3 is 0 Å². The van der Waals surface area contributed by atoms with Crippen molar-refractivity contribution in [2.45, 2.75) is 38.7 Å². The third kappa shape index (κ3) is 2.85. The molecule has 0 saturated carbocycles. The summed E-state index contributed by atoms with van der Waals surface area (Å²) in [4.78, 5) is 26.3. The van der Waals surface area contributed by atoms with Crippen LogP contribution in [0.5, 0.6) is 5.75 Å². The van der Waals surface area contributed by atoms with Crippen LogP contribution >= 0.6 is 0 Å². The number of carbonyl (C=O) groups is 2. The molecule has 5 nitrogen and oxygen atoms in total. The summed E-state index contributed by atoms with van der Waals surface area (Å²) in [6.07, 6.45) is 1.76. The van der Waals surface area contributed by atoms with Gasteiger partial charge in [0.2, 0.25) is 5.91 Å². The van der Waals surface area contributed by atoms with E-state index >= 15 is 0 Å². The van der Waals surface area contributed by atoms with E-state index in [4.69, 9.17) is 9.47 Å². The molecule has 2 aliphatic rings. The maximum absolute atomic E-state index is 12.6. The summed E-state index contributed by atoms with van der Waals surface area (Å²) >= 11 is 0. The van der Waals surface area contributed by atoms with Crippen LogP contribution in [0.1, 0.15) is 40.7 Å². The van der Waals surface area contributed by atoms with E-state index in [1.807, 2.05) is 26.0 Å². The van der Waals surface area contributed by atoms with Crippen LogP contribution in [-0.4, -0.2) is 49.0 Å². The Labute approximate surface area is 136 Å². The molecular formula is C18H23NO4. The topological polar surface area (TPSA) is 55.8 Å². The SMILES string of the molecule is COCC(=O)N1CCC2(CC1)CC(=O)c1ccc(C)c(C)c1O2. The average molecular weight is 317 g/mol. The zero-order valence-electron chi connectivity index (χ0n) is 14.0. The first-order chi connectivity index (χ1) is 11.0. The van der Waals surface area contributed by atoms with Crippen LogP contribution < -0.4 is 4.74 Å². The maximum atomic E-state index is 12.6. The molecule has 2 aliphatic heterocycles. The smallest absolute Gasteiger partial charge is 0.248 e. The number of fused-ring (bicyclic) bond motifs is 1. The number of methoxy groups -OCH3 is 1. The van der Waals surface area contributed by atoms with Crippen molar-refractivity contribution in [3.05, 3.63) is 28.8 Å². The molecule has 0 aliphatic carbocycles. The Morgan fingerprint density at radius 1 is 1.30 bits per heavy atom. The number of Topliss-reactive ketones (excluding diaryl/α,β-unsaturated/α-hetero) is 1. The molecule has 0 atom stereocenters. The number of nitrogens with zero attached hydrogens (tertiary/aromatic N) is 1. The van der Waals surface area contributed by atoms with Crippen LogP contribution in [0.15, 0.2) is 12.1 Å². The van der Waals surface area contributed by atoms with E-state index in [9.17, 15) is 9.59 Å². The largest absolute Gasteiger partial charge is 0.486 e. The number of aryl methyl sites for hydroxylation is 1. The fraction of sp³-hybridized carbons (Fsp3) is 0.556. The van der Waals surface area contributed by atoms with Crippen molar-refractivity contribution in [1.29, 1.82) is 0 Å². The summed E-state index contributed by atoms with van der Waals surface area (Å²) in [5.41, 5.74) is 2.39. The van der Waals surface area contributed by atoms with Gasteiger partial charge in [-0.1, -0.05) is 6.07 Å². The van der Waals surface area contributed by atoms with Gasteiger partial charge in [-0.3, -0.25) is 9.59 Å². The molecule has 0 N–H and O–H groups in total. The minimum Gasteiger partial charge on any atom is -0.486 e. The number of ether oxygens (including phenoxy) is 2. The van der Waals surface area contributed by atoms with Gasteiger partial charge in [0.1, 0.15) is 18.0 Å². The summed E-state index contributed by atoms with van der Waals surface area (Å²) in [5, 5.41) is 0. The number of rotatable bonds is 2. The molecule has 0 unspecified atom stereocenters. The molecule has 3 rings (SSSR count). The molecule has 5 heteroatoms. The predicted molar refractivity (Wildman–Crippen MR) is 85.9 cm³/mol. The first kappa shape index (κ1) is 16.0. The highest BCUT2D eigenvalue weighted by Crippen LogP contribution is 2.41. The molecule has 1 fully saturated rings. The number of ketones is 1. The molecule has 0 radical (unpaired) electrons. The van der Waals surface area contributed by atoms with Gasteiger partial charge in [-0.05, 0) is 31.0 Å². The van der Waals surface area contributed by atoms with Crippen molar-refractivity contribution >= 4 is 11.7 Å². The Bertz CT molecular complexity index is 645. The van der Waals surface area contributed by atoms with E-state index in [0.717, 1.165) is 16.9 Å². The Morgan fingerprint density at radius 3 is 2.65 bits per heavy atom. The van der Waals surface area contributed by atoms with Gasteiger partial charge in [-0.2, -0.15) is 0 Å². The molecular weight excluding hydrogens is 294 g/mol. The van der Waals surface area contributed by atoms with E-state index < -0.39 is 5.60 Å². The van der Waals surface area contributed by atoms with Gasteiger partial charge < -0.3 is 14.4 Å². The average Bonchev–Trinajstić information content (AvgIpc) is 2.52. The zero-order valence-corrected chi connectivity index (χ0v) is 14.0. The number of amides is 1. The van der Waals surface area contributed by atoms with Crippen LogP contribution in [0, 0.1) is 13.8 Å². The lowest BCUT2D eigenvalue weighted by Gasteiger charge is -2.44. The highest BCUT2D eigenvalue weighted by Gasteiger charge is 2.44. The van der Waals surface area contributed by atoms with Crippen molar-refractivity contribution in [3.63, 3.8) is 0 Å². The number of hydrogen-bond acceptors (Lipinski definition) is 4. The molecule has 1 spiro atoms. The highest BCUT2D eigenvalue weighted by atomic mass is 16.5. The van der Waals surface area contributed by atoms with E-state index in [1.54, 1.807) is 4.90 Å². The lowest BCUT2D eigenvalue weighted by Crippen LogP contribution is -2.52. The quantitative estimate of drug-likeness (QED) is 0.840. The minimum absolute atomic E-state index is 0.00286. The summed E-state index contributed by atoms with van der Waals surface area (Å²) in [5.74, 6) is 0.876. The van der Waals surface area contributed by atoms with Crippen molar-refractivity contribution in [2.24, 2.45) is 0 Å². The van der Waals surface area contributed by atoms with Crippen LogP contribution in [0.2, 0.25) is 0 Å². The van der Waals surface area contributed by atoms with Crippen molar-refractivity contribution in [2.75, 3.05) is 26.8 Å². The molecule has 2 heterocycles. The van der Waals surface area contributed by atoms with Gasteiger partial charge in [-0.15, -0.1) is 0 Å². The Hall–Kier alpha value is -1.88. The summed E-state index contributed by atoms with van der Waals surface area (Å²) in [7, 11) is 1.52. The third-order valence-electron chi connectivity index (χ3n) is 5.07. The molecule has 124 valence electrons. The number of benzene rings is 1. The maximum Gasteiger partial charge on any atom is 0.248 e. The summed E-state index contributed by atoms with van der Waals surface area (Å²) < 4.78 is 11.3. The minimum atomic E-state index is -0.466. The zero-order chi connectivity index (χ0) is 16.6. The fourth-order valence-electron chi connectivity index (χ4n) is 3.44.